The molecule has 124 valence electrons. The summed E-state index contributed by atoms with van der Waals surface area (Å²) in [5.41, 5.74) is 2.13. The maximum atomic E-state index is 13.0. The van der Waals surface area contributed by atoms with Gasteiger partial charge in [0.1, 0.15) is 5.82 Å². The molecule has 0 saturated carbocycles. The number of para-hydroxylation sites is 1. The van der Waals surface area contributed by atoms with Gasteiger partial charge in [-0.15, -0.1) is 0 Å². The quantitative estimate of drug-likeness (QED) is 0.791. The fraction of sp³-hybridized carbons (Fsp3) is 0.222. The minimum absolute atomic E-state index is 0.140. The molecule has 6 heteroatoms. The molecule has 1 saturated heterocycles. The molecule has 4 nitrogen and oxygen atoms in total. The van der Waals surface area contributed by atoms with Crippen LogP contribution in [-0.2, 0) is 10.0 Å². The summed E-state index contributed by atoms with van der Waals surface area (Å²) < 4.78 is 39.9. The van der Waals surface area contributed by atoms with E-state index in [1.165, 1.54) is 28.6 Å². The molecule has 1 atom stereocenters. The van der Waals surface area contributed by atoms with Crippen molar-refractivity contribution in [3.8, 4) is 0 Å². The highest BCUT2D eigenvalue weighted by atomic mass is 32.2. The van der Waals surface area contributed by atoms with Crippen LogP contribution in [0.4, 0.5) is 4.39 Å². The number of rotatable bonds is 3. The van der Waals surface area contributed by atoms with Crippen LogP contribution in [0.15, 0.2) is 59.5 Å². The van der Waals surface area contributed by atoms with E-state index in [4.69, 9.17) is 0 Å². The van der Waals surface area contributed by atoms with Gasteiger partial charge in [0.2, 0.25) is 10.0 Å². The third kappa shape index (κ3) is 2.61. The Labute approximate surface area is 140 Å². The lowest BCUT2D eigenvalue weighted by atomic mass is 10.1. The molecule has 1 fully saturated rings. The predicted molar refractivity (Wildman–Crippen MR) is 90.8 cm³/mol. The van der Waals surface area contributed by atoms with Crippen LogP contribution in [0.3, 0.4) is 0 Å². The van der Waals surface area contributed by atoms with E-state index in [9.17, 15) is 12.8 Å². The highest BCUT2D eigenvalue weighted by molar-refractivity contribution is 7.89. The van der Waals surface area contributed by atoms with Crippen LogP contribution in [-0.4, -0.2) is 30.8 Å². The second-order valence-electron chi connectivity index (χ2n) is 6.11. The van der Waals surface area contributed by atoms with Crippen LogP contribution >= 0.6 is 0 Å². The third-order valence-corrected chi connectivity index (χ3v) is 6.47. The topological polar surface area (TPSA) is 53.2 Å². The fourth-order valence-corrected chi connectivity index (χ4v) is 4.77. The van der Waals surface area contributed by atoms with E-state index in [0.717, 1.165) is 23.0 Å². The van der Waals surface area contributed by atoms with Crippen LogP contribution in [0.25, 0.3) is 10.9 Å². The van der Waals surface area contributed by atoms with Crippen molar-refractivity contribution in [2.45, 2.75) is 17.2 Å². The van der Waals surface area contributed by atoms with Crippen LogP contribution in [0, 0.1) is 5.82 Å². The zero-order valence-corrected chi connectivity index (χ0v) is 13.8. The van der Waals surface area contributed by atoms with E-state index in [1.54, 1.807) is 0 Å². The normalized spacial score (nSPS) is 19.1. The number of hydrogen-bond donors (Lipinski definition) is 1. The fourth-order valence-electron chi connectivity index (χ4n) is 3.27. The lowest BCUT2D eigenvalue weighted by Crippen LogP contribution is -2.28. The predicted octanol–water partition coefficient (Wildman–Crippen LogP) is 3.49. The molecule has 1 aliphatic rings. The monoisotopic (exact) mass is 344 g/mol. The lowest BCUT2D eigenvalue weighted by Gasteiger charge is -2.16. The van der Waals surface area contributed by atoms with Gasteiger partial charge < -0.3 is 4.98 Å². The molecule has 1 aromatic heterocycles. The van der Waals surface area contributed by atoms with Crippen molar-refractivity contribution < 1.29 is 12.8 Å². The Hall–Kier alpha value is -2.18. The summed E-state index contributed by atoms with van der Waals surface area (Å²) in [5, 5.41) is 1.13. The Morgan fingerprint density at radius 1 is 1.08 bits per heavy atom. The molecule has 0 amide bonds. The van der Waals surface area contributed by atoms with Crippen LogP contribution in [0.2, 0.25) is 0 Å². The van der Waals surface area contributed by atoms with Gasteiger partial charge in [-0.25, -0.2) is 12.8 Å². The van der Waals surface area contributed by atoms with Crippen LogP contribution in [0.5, 0.6) is 0 Å². The highest BCUT2D eigenvalue weighted by Gasteiger charge is 2.33. The number of aromatic nitrogens is 1. The number of aromatic amines is 1. The van der Waals surface area contributed by atoms with Crippen LogP contribution < -0.4 is 0 Å². The summed E-state index contributed by atoms with van der Waals surface area (Å²) in [5.74, 6) is -0.293. The van der Waals surface area contributed by atoms with Gasteiger partial charge in [0.05, 0.1) is 4.90 Å². The van der Waals surface area contributed by atoms with Gasteiger partial charge >= 0.3 is 0 Å². The minimum Gasteiger partial charge on any atom is -0.358 e. The second-order valence-corrected chi connectivity index (χ2v) is 8.05. The molecule has 2 heterocycles. The summed E-state index contributed by atoms with van der Waals surface area (Å²) in [6, 6.07) is 15.1. The maximum Gasteiger partial charge on any atom is 0.243 e. The van der Waals surface area contributed by atoms with Gasteiger partial charge in [-0.2, -0.15) is 4.31 Å². The number of sulfonamides is 1. The number of H-pyrrole nitrogens is 1. The zero-order chi connectivity index (χ0) is 16.7. The lowest BCUT2D eigenvalue weighted by molar-refractivity contribution is 0.472. The molecule has 0 aliphatic carbocycles. The largest absolute Gasteiger partial charge is 0.358 e. The molecule has 2 aromatic carbocycles. The third-order valence-electron chi connectivity index (χ3n) is 4.59. The maximum absolute atomic E-state index is 13.0. The summed E-state index contributed by atoms with van der Waals surface area (Å²) in [6.07, 6.45) is 0.771. The Morgan fingerprint density at radius 3 is 2.58 bits per heavy atom. The van der Waals surface area contributed by atoms with Crippen molar-refractivity contribution in [1.82, 2.24) is 9.29 Å². The van der Waals surface area contributed by atoms with Crippen molar-refractivity contribution in [2.24, 2.45) is 0 Å². The Morgan fingerprint density at radius 2 is 1.83 bits per heavy atom. The average Bonchev–Trinajstić information content (AvgIpc) is 3.22. The van der Waals surface area contributed by atoms with E-state index in [1.807, 2.05) is 24.3 Å². The smallest absolute Gasteiger partial charge is 0.243 e. The van der Waals surface area contributed by atoms with E-state index in [2.05, 4.69) is 11.1 Å². The summed E-state index contributed by atoms with van der Waals surface area (Å²) in [7, 11) is -3.57. The molecule has 1 aliphatic heterocycles. The first-order chi connectivity index (χ1) is 11.5. The molecule has 24 heavy (non-hydrogen) atoms. The molecule has 0 bridgehead atoms. The molecule has 0 spiro atoms. The molecular weight excluding hydrogens is 327 g/mol. The molecule has 1 N–H and O–H groups in total. The number of hydrogen-bond acceptors (Lipinski definition) is 2. The van der Waals surface area contributed by atoms with E-state index in [-0.39, 0.29) is 10.8 Å². The van der Waals surface area contributed by atoms with E-state index in [0.29, 0.717) is 13.1 Å². The number of benzene rings is 2. The van der Waals surface area contributed by atoms with Crippen molar-refractivity contribution in [3.05, 3.63) is 66.1 Å². The van der Waals surface area contributed by atoms with Crippen molar-refractivity contribution in [1.29, 1.82) is 0 Å². The van der Waals surface area contributed by atoms with Gasteiger partial charge in [0, 0.05) is 30.2 Å². The second kappa shape index (κ2) is 5.72. The van der Waals surface area contributed by atoms with Crippen molar-refractivity contribution in [2.75, 3.05) is 13.1 Å². The van der Waals surface area contributed by atoms with Gasteiger partial charge in [-0.3, -0.25) is 0 Å². The number of fused-ring (bicyclic) bond motifs is 1. The Kier molecular flexibility index (Phi) is 3.66. The first-order valence-corrected chi connectivity index (χ1v) is 9.31. The van der Waals surface area contributed by atoms with E-state index >= 15 is 0 Å². The minimum atomic E-state index is -3.57. The first kappa shape index (κ1) is 15.4. The van der Waals surface area contributed by atoms with Crippen LogP contribution in [0.1, 0.15) is 18.0 Å². The zero-order valence-electron chi connectivity index (χ0n) is 12.9. The van der Waals surface area contributed by atoms with Crippen molar-refractivity contribution in [3.63, 3.8) is 0 Å². The first-order valence-electron chi connectivity index (χ1n) is 7.87. The molecular formula is C18H17FN2O2S. The Bertz CT molecular complexity index is 947. The molecule has 4 rings (SSSR count). The van der Waals surface area contributed by atoms with E-state index < -0.39 is 15.8 Å². The van der Waals surface area contributed by atoms with Gasteiger partial charge in [-0.05, 0) is 48.2 Å². The number of nitrogens with zero attached hydrogens (tertiary/aromatic N) is 1. The van der Waals surface area contributed by atoms with Gasteiger partial charge in [0.25, 0.3) is 0 Å². The number of halogens is 1. The summed E-state index contributed by atoms with van der Waals surface area (Å²) >= 11 is 0. The SMILES string of the molecule is O=S(=O)(c1ccc(F)cc1)N1CCC(c2cc3ccccc3[nH]2)C1. The molecule has 0 radical (unpaired) electrons. The number of nitrogens with one attached hydrogen (secondary N) is 1. The molecule has 1 unspecified atom stereocenters. The van der Waals surface area contributed by atoms with Crippen molar-refractivity contribution >= 4 is 20.9 Å². The summed E-state index contributed by atoms with van der Waals surface area (Å²) in [4.78, 5) is 3.53. The average molecular weight is 344 g/mol. The van der Waals surface area contributed by atoms with Gasteiger partial charge in [0.15, 0.2) is 0 Å². The Balaban J connectivity index is 1.58. The standard InChI is InChI=1S/C18H17FN2O2S/c19-15-5-7-16(8-6-15)24(22,23)21-10-9-14(12-21)18-11-13-3-1-2-4-17(13)20-18/h1-8,11,14,20H,9-10,12H2. The summed E-state index contributed by atoms with van der Waals surface area (Å²) in [6.45, 7) is 0.909. The molecule has 3 aromatic rings. The highest BCUT2D eigenvalue weighted by Crippen LogP contribution is 2.32. The van der Waals surface area contributed by atoms with Gasteiger partial charge in [-0.1, -0.05) is 18.2 Å².